The lowest BCUT2D eigenvalue weighted by molar-refractivity contribution is 0.0696. The fraction of sp³-hybridized carbons (Fsp3) is 0.150. The first kappa shape index (κ1) is 19.3. The van der Waals surface area contributed by atoms with Crippen molar-refractivity contribution in [3.8, 4) is 0 Å². The minimum absolute atomic E-state index is 0.285. The molecule has 1 heterocycles. The number of thiophene rings is 1. The Morgan fingerprint density at radius 1 is 1.04 bits per heavy atom. The Labute approximate surface area is 164 Å². The molecule has 5 nitrogen and oxygen atoms in total. The molecule has 0 saturated heterocycles. The lowest BCUT2D eigenvalue weighted by Crippen LogP contribution is -2.19. The van der Waals surface area contributed by atoms with Crippen molar-refractivity contribution in [3.05, 3.63) is 82.7 Å². The van der Waals surface area contributed by atoms with E-state index in [1.54, 1.807) is 18.2 Å². The molecule has 1 unspecified atom stereocenters. The third-order valence-electron chi connectivity index (χ3n) is 4.16. The molecule has 0 fully saturated rings. The summed E-state index contributed by atoms with van der Waals surface area (Å²) < 4.78 is 23.2. The number of rotatable bonds is 8. The van der Waals surface area contributed by atoms with Crippen LogP contribution in [0, 0.1) is 0 Å². The number of hydrogen-bond donors (Lipinski definition) is 2. The number of para-hydroxylation sites is 1. The SMILES string of the molecule is O=C(O)c1cccc(CCCc2ccccc2N(c2cccs2)S(=O)O)c1. The van der Waals surface area contributed by atoms with Crippen molar-refractivity contribution in [2.24, 2.45) is 0 Å². The zero-order chi connectivity index (χ0) is 19.2. The molecule has 0 saturated carbocycles. The zero-order valence-electron chi connectivity index (χ0n) is 14.4. The third-order valence-corrected chi connectivity index (χ3v) is 5.83. The molecular formula is C20H19NO4S2. The minimum Gasteiger partial charge on any atom is -0.478 e. The molecule has 2 aromatic carbocycles. The molecule has 140 valence electrons. The van der Waals surface area contributed by atoms with E-state index < -0.39 is 17.2 Å². The molecule has 0 amide bonds. The van der Waals surface area contributed by atoms with Crippen LogP contribution >= 0.6 is 11.3 Å². The minimum atomic E-state index is -2.17. The van der Waals surface area contributed by atoms with Gasteiger partial charge in [-0.2, -0.15) is 0 Å². The molecule has 0 spiro atoms. The van der Waals surface area contributed by atoms with E-state index in [4.69, 9.17) is 5.11 Å². The fourth-order valence-electron chi connectivity index (χ4n) is 2.93. The summed E-state index contributed by atoms with van der Waals surface area (Å²) in [5.41, 5.74) is 2.93. The molecule has 7 heteroatoms. The Morgan fingerprint density at radius 3 is 2.56 bits per heavy atom. The molecule has 27 heavy (non-hydrogen) atoms. The number of aryl methyl sites for hydroxylation is 2. The van der Waals surface area contributed by atoms with Gasteiger partial charge < -0.3 is 5.11 Å². The first-order valence-electron chi connectivity index (χ1n) is 8.41. The predicted molar refractivity (Wildman–Crippen MR) is 109 cm³/mol. The number of carboxylic acids is 1. The van der Waals surface area contributed by atoms with E-state index in [2.05, 4.69) is 0 Å². The maximum absolute atomic E-state index is 11.9. The van der Waals surface area contributed by atoms with Crippen LogP contribution in [0.15, 0.2) is 66.0 Å². The summed E-state index contributed by atoms with van der Waals surface area (Å²) in [6.45, 7) is 0. The van der Waals surface area contributed by atoms with Gasteiger partial charge in [0.25, 0.3) is 11.3 Å². The number of nitrogens with zero attached hydrogens (tertiary/aromatic N) is 1. The van der Waals surface area contributed by atoms with Crippen molar-refractivity contribution < 1.29 is 18.7 Å². The molecule has 0 radical (unpaired) electrons. The molecule has 0 aliphatic carbocycles. The average molecular weight is 402 g/mol. The second kappa shape index (κ2) is 8.94. The van der Waals surface area contributed by atoms with Crippen LogP contribution in [0.5, 0.6) is 0 Å². The molecule has 2 N–H and O–H groups in total. The van der Waals surface area contributed by atoms with Gasteiger partial charge >= 0.3 is 5.97 Å². The van der Waals surface area contributed by atoms with Crippen LogP contribution in [0.3, 0.4) is 0 Å². The van der Waals surface area contributed by atoms with Crippen molar-refractivity contribution in [2.45, 2.75) is 19.3 Å². The molecule has 0 aliphatic heterocycles. The maximum atomic E-state index is 11.9. The van der Waals surface area contributed by atoms with Gasteiger partial charge in [-0.3, -0.25) is 4.55 Å². The topological polar surface area (TPSA) is 77.8 Å². The summed E-state index contributed by atoms with van der Waals surface area (Å²) in [6, 6.07) is 18.2. The quantitative estimate of drug-likeness (QED) is 0.527. The van der Waals surface area contributed by atoms with Crippen LogP contribution in [0.2, 0.25) is 0 Å². The Hall–Kier alpha value is -2.48. The van der Waals surface area contributed by atoms with E-state index in [0.717, 1.165) is 24.0 Å². The van der Waals surface area contributed by atoms with Crippen LogP contribution in [0.1, 0.15) is 27.9 Å². The second-order valence-corrected chi connectivity index (χ2v) is 7.72. The van der Waals surface area contributed by atoms with Crippen LogP contribution in [0.4, 0.5) is 10.7 Å². The van der Waals surface area contributed by atoms with E-state index in [0.29, 0.717) is 17.1 Å². The van der Waals surface area contributed by atoms with Gasteiger partial charge in [0.2, 0.25) is 0 Å². The van der Waals surface area contributed by atoms with Gasteiger partial charge in [0.15, 0.2) is 0 Å². The highest BCUT2D eigenvalue weighted by molar-refractivity contribution is 7.81. The van der Waals surface area contributed by atoms with Crippen LogP contribution in [-0.2, 0) is 24.1 Å². The van der Waals surface area contributed by atoms with Crippen LogP contribution in [-0.4, -0.2) is 19.8 Å². The number of anilines is 2. The first-order valence-corrected chi connectivity index (χ1v) is 10.4. The number of carboxylic acid groups (broad SMARTS) is 1. The number of carbonyl (C=O) groups is 1. The smallest absolute Gasteiger partial charge is 0.335 e. The zero-order valence-corrected chi connectivity index (χ0v) is 16.1. The Morgan fingerprint density at radius 2 is 1.85 bits per heavy atom. The fourth-order valence-corrected chi connectivity index (χ4v) is 4.46. The highest BCUT2D eigenvalue weighted by atomic mass is 32.2. The standard InChI is InChI=1S/C20H19NO4S2/c22-20(23)17-10-4-7-15(14-17)6-3-9-16-8-1-2-11-18(16)21(27(24)25)19-12-5-13-26-19/h1-2,4-5,7-8,10-14H,3,6,9H2,(H,22,23)(H,24,25). The highest BCUT2D eigenvalue weighted by Gasteiger charge is 2.19. The number of hydrogen-bond acceptors (Lipinski definition) is 3. The summed E-state index contributed by atoms with van der Waals surface area (Å²) in [5.74, 6) is -0.931. The summed E-state index contributed by atoms with van der Waals surface area (Å²) in [5, 5.41) is 11.7. The van der Waals surface area contributed by atoms with Crippen molar-refractivity contribution >= 4 is 39.3 Å². The molecule has 0 aliphatic rings. The van der Waals surface area contributed by atoms with Gasteiger partial charge in [0.1, 0.15) is 5.00 Å². The molecule has 3 rings (SSSR count). The highest BCUT2D eigenvalue weighted by Crippen LogP contribution is 2.33. The lowest BCUT2D eigenvalue weighted by Gasteiger charge is -2.21. The summed E-state index contributed by atoms with van der Waals surface area (Å²) in [6.07, 6.45) is 2.25. The summed E-state index contributed by atoms with van der Waals surface area (Å²) in [4.78, 5) is 11.1. The van der Waals surface area contributed by atoms with E-state index in [-0.39, 0.29) is 5.56 Å². The van der Waals surface area contributed by atoms with Gasteiger partial charge in [-0.15, -0.1) is 11.3 Å². The van der Waals surface area contributed by atoms with Crippen molar-refractivity contribution in [1.29, 1.82) is 0 Å². The van der Waals surface area contributed by atoms with Gasteiger partial charge in [-0.05, 0) is 66.1 Å². The Balaban J connectivity index is 1.76. The largest absolute Gasteiger partial charge is 0.478 e. The maximum Gasteiger partial charge on any atom is 0.335 e. The average Bonchev–Trinajstić information content (AvgIpc) is 3.17. The second-order valence-electron chi connectivity index (χ2n) is 5.96. The van der Waals surface area contributed by atoms with Gasteiger partial charge in [0.05, 0.1) is 11.3 Å². The van der Waals surface area contributed by atoms with E-state index in [1.807, 2.05) is 47.8 Å². The Kier molecular flexibility index (Phi) is 6.39. The van der Waals surface area contributed by atoms with Gasteiger partial charge in [-0.25, -0.2) is 13.3 Å². The molecule has 0 bridgehead atoms. The van der Waals surface area contributed by atoms with Crippen molar-refractivity contribution in [2.75, 3.05) is 4.31 Å². The van der Waals surface area contributed by atoms with E-state index in [1.165, 1.54) is 15.6 Å². The monoisotopic (exact) mass is 401 g/mol. The number of aromatic carboxylic acids is 1. The van der Waals surface area contributed by atoms with Crippen LogP contribution < -0.4 is 4.31 Å². The first-order chi connectivity index (χ1) is 13.1. The molecule has 3 aromatic rings. The normalized spacial score (nSPS) is 11.9. The van der Waals surface area contributed by atoms with E-state index >= 15 is 0 Å². The molecular weight excluding hydrogens is 382 g/mol. The Bertz CT molecular complexity index is 941. The molecule has 1 atom stereocenters. The number of benzene rings is 2. The molecule has 1 aromatic heterocycles. The van der Waals surface area contributed by atoms with Gasteiger partial charge in [0, 0.05) is 0 Å². The van der Waals surface area contributed by atoms with Crippen LogP contribution in [0.25, 0.3) is 0 Å². The van der Waals surface area contributed by atoms with Crippen molar-refractivity contribution in [1.82, 2.24) is 0 Å². The van der Waals surface area contributed by atoms with Gasteiger partial charge in [-0.1, -0.05) is 30.3 Å². The third kappa shape index (κ3) is 4.82. The summed E-state index contributed by atoms with van der Waals surface area (Å²) >= 11 is -0.760. The summed E-state index contributed by atoms with van der Waals surface area (Å²) in [7, 11) is 0. The predicted octanol–water partition coefficient (Wildman–Crippen LogP) is 4.90. The van der Waals surface area contributed by atoms with Crippen molar-refractivity contribution in [3.63, 3.8) is 0 Å². The lowest BCUT2D eigenvalue weighted by atomic mass is 10.0. The van der Waals surface area contributed by atoms with E-state index in [9.17, 15) is 13.6 Å².